The van der Waals surface area contributed by atoms with E-state index in [0.717, 1.165) is 5.69 Å². The Morgan fingerprint density at radius 2 is 1.79 bits per heavy atom. The van der Waals surface area contributed by atoms with E-state index in [1.165, 1.54) is 25.7 Å². The maximum atomic E-state index is 11.1. The van der Waals surface area contributed by atoms with Crippen LogP contribution in [0.15, 0.2) is 24.3 Å². The van der Waals surface area contributed by atoms with Crippen molar-refractivity contribution in [2.45, 2.75) is 37.8 Å². The lowest BCUT2D eigenvalue weighted by atomic mass is 9.90. The van der Waals surface area contributed by atoms with Crippen molar-refractivity contribution in [3.05, 3.63) is 29.8 Å². The second kappa shape index (κ2) is 6.06. The van der Waals surface area contributed by atoms with Crippen molar-refractivity contribution in [3.8, 4) is 0 Å². The SMILES string of the molecule is CNC1CCC(N(C)c2ccc(C(N)=O)cc2)CC1. The summed E-state index contributed by atoms with van der Waals surface area (Å²) < 4.78 is 0. The van der Waals surface area contributed by atoms with Crippen LogP contribution < -0.4 is 16.0 Å². The smallest absolute Gasteiger partial charge is 0.248 e. The average Bonchev–Trinajstić information content (AvgIpc) is 2.46. The maximum absolute atomic E-state index is 11.1. The van der Waals surface area contributed by atoms with Gasteiger partial charge in [0, 0.05) is 30.4 Å². The number of amides is 1. The third-order valence-corrected chi connectivity index (χ3v) is 4.21. The van der Waals surface area contributed by atoms with Gasteiger partial charge in [0.1, 0.15) is 0 Å². The van der Waals surface area contributed by atoms with Crippen LogP contribution in [0.1, 0.15) is 36.0 Å². The van der Waals surface area contributed by atoms with Crippen LogP contribution in [0.2, 0.25) is 0 Å². The maximum Gasteiger partial charge on any atom is 0.248 e. The first kappa shape index (κ1) is 13.9. The molecule has 1 aliphatic carbocycles. The number of primary amides is 1. The second-order valence-corrected chi connectivity index (χ2v) is 5.32. The van der Waals surface area contributed by atoms with Crippen LogP contribution in [0.25, 0.3) is 0 Å². The molecule has 2 rings (SSSR count). The number of benzene rings is 1. The summed E-state index contributed by atoms with van der Waals surface area (Å²) in [7, 11) is 4.17. The van der Waals surface area contributed by atoms with Gasteiger partial charge in [-0.1, -0.05) is 0 Å². The largest absolute Gasteiger partial charge is 0.372 e. The standard InChI is InChI=1S/C15H23N3O/c1-17-12-5-9-14(10-6-12)18(2)13-7-3-11(4-8-13)15(16)19/h3-4,7-8,12,14,17H,5-6,9-10H2,1-2H3,(H2,16,19). The molecule has 0 saturated heterocycles. The molecule has 1 aliphatic rings. The lowest BCUT2D eigenvalue weighted by Crippen LogP contribution is -2.39. The molecule has 0 atom stereocenters. The molecule has 1 aromatic carbocycles. The van der Waals surface area contributed by atoms with E-state index in [9.17, 15) is 4.79 Å². The van der Waals surface area contributed by atoms with Crippen LogP contribution in [0.5, 0.6) is 0 Å². The van der Waals surface area contributed by atoms with Gasteiger partial charge in [-0.3, -0.25) is 4.79 Å². The van der Waals surface area contributed by atoms with Crippen molar-refractivity contribution < 1.29 is 4.79 Å². The normalized spacial score (nSPS) is 23.1. The monoisotopic (exact) mass is 261 g/mol. The molecule has 104 valence electrons. The number of hydrogen-bond donors (Lipinski definition) is 2. The Morgan fingerprint density at radius 3 is 2.26 bits per heavy atom. The molecule has 0 radical (unpaired) electrons. The molecule has 0 aliphatic heterocycles. The van der Waals surface area contributed by atoms with E-state index in [0.29, 0.717) is 17.6 Å². The van der Waals surface area contributed by atoms with Crippen molar-refractivity contribution in [2.24, 2.45) is 5.73 Å². The zero-order chi connectivity index (χ0) is 13.8. The first-order valence-electron chi connectivity index (χ1n) is 6.91. The van der Waals surface area contributed by atoms with Crippen molar-refractivity contribution in [1.82, 2.24) is 5.32 Å². The lowest BCUT2D eigenvalue weighted by Gasteiger charge is -2.36. The van der Waals surface area contributed by atoms with Crippen molar-refractivity contribution in [2.75, 3.05) is 19.0 Å². The van der Waals surface area contributed by atoms with Gasteiger partial charge in [0.2, 0.25) is 5.91 Å². The Kier molecular flexibility index (Phi) is 4.43. The minimum Gasteiger partial charge on any atom is -0.372 e. The highest BCUT2D eigenvalue weighted by Crippen LogP contribution is 2.26. The number of nitrogens with two attached hydrogens (primary N) is 1. The second-order valence-electron chi connectivity index (χ2n) is 5.32. The molecule has 4 heteroatoms. The first-order chi connectivity index (χ1) is 9.11. The fraction of sp³-hybridized carbons (Fsp3) is 0.533. The molecular weight excluding hydrogens is 238 g/mol. The molecule has 0 bridgehead atoms. The van der Waals surface area contributed by atoms with Gasteiger partial charge < -0.3 is 16.0 Å². The van der Waals surface area contributed by atoms with Gasteiger partial charge in [0.05, 0.1) is 0 Å². The fourth-order valence-corrected chi connectivity index (χ4v) is 2.82. The van der Waals surface area contributed by atoms with E-state index in [-0.39, 0.29) is 5.91 Å². The minimum absolute atomic E-state index is 0.372. The molecule has 4 nitrogen and oxygen atoms in total. The summed E-state index contributed by atoms with van der Waals surface area (Å²) >= 11 is 0. The first-order valence-corrected chi connectivity index (χ1v) is 6.91. The number of anilines is 1. The Balaban J connectivity index is 1.99. The Bertz CT molecular complexity index is 422. The highest BCUT2D eigenvalue weighted by molar-refractivity contribution is 5.93. The van der Waals surface area contributed by atoms with Crippen molar-refractivity contribution in [1.29, 1.82) is 0 Å². The molecule has 0 aromatic heterocycles. The summed E-state index contributed by atoms with van der Waals surface area (Å²) in [6.45, 7) is 0. The zero-order valence-corrected chi connectivity index (χ0v) is 11.7. The molecule has 1 saturated carbocycles. The molecule has 0 unspecified atom stereocenters. The van der Waals surface area contributed by atoms with Gasteiger partial charge in [0.25, 0.3) is 0 Å². The predicted molar refractivity (Wildman–Crippen MR) is 78.5 cm³/mol. The van der Waals surface area contributed by atoms with Crippen LogP contribution in [0.4, 0.5) is 5.69 Å². The molecule has 0 spiro atoms. The van der Waals surface area contributed by atoms with Crippen LogP contribution in [-0.4, -0.2) is 32.1 Å². The third kappa shape index (κ3) is 3.26. The summed E-state index contributed by atoms with van der Waals surface area (Å²) in [5, 5.41) is 3.35. The van der Waals surface area contributed by atoms with Crippen LogP contribution in [0.3, 0.4) is 0 Å². The van der Waals surface area contributed by atoms with E-state index in [1.807, 2.05) is 19.2 Å². The zero-order valence-electron chi connectivity index (χ0n) is 11.7. The summed E-state index contributed by atoms with van der Waals surface area (Å²) in [5.41, 5.74) is 6.97. The van der Waals surface area contributed by atoms with Gasteiger partial charge in [-0.25, -0.2) is 0 Å². The van der Waals surface area contributed by atoms with E-state index >= 15 is 0 Å². The summed E-state index contributed by atoms with van der Waals surface area (Å²) in [5.74, 6) is -0.372. The Morgan fingerprint density at radius 1 is 1.21 bits per heavy atom. The molecule has 1 aromatic rings. The Labute approximate surface area is 115 Å². The van der Waals surface area contributed by atoms with Gasteiger partial charge in [-0.2, -0.15) is 0 Å². The molecule has 3 N–H and O–H groups in total. The molecular formula is C15H23N3O. The topological polar surface area (TPSA) is 58.4 Å². The van der Waals surface area contributed by atoms with E-state index < -0.39 is 0 Å². The number of carbonyl (C=O) groups excluding carboxylic acids is 1. The fourth-order valence-electron chi connectivity index (χ4n) is 2.82. The van der Waals surface area contributed by atoms with Gasteiger partial charge in [0.15, 0.2) is 0 Å². The van der Waals surface area contributed by atoms with Crippen LogP contribution in [0, 0.1) is 0 Å². The van der Waals surface area contributed by atoms with E-state index in [2.05, 4.69) is 17.3 Å². The number of carbonyl (C=O) groups is 1. The summed E-state index contributed by atoms with van der Waals surface area (Å²) in [4.78, 5) is 13.4. The average molecular weight is 261 g/mol. The third-order valence-electron chi connectivity index (χ3n) is 4.21. The van der Waals surface area contributed by atoms with Gasteiger partial charge >= 0.3 is 0 Å². The highest BCUT2D eigenvalue weighted by atomic mass is 16.1. The lowest BCUT2D eigenvalue weighted by molar-refractivity contribution is 0.100. The van der Waals surface area contributed by atoms with Crippen LogP contribution >= 0.6 is 0 Å². The van der Waals surface area contributed by atoms with Crippen molar-refractivity contribution >= 4 is 11.6 Å². The predicted octanol–water partition coefficient (Wildman–Crippen LogP) is 1.75. The number of hydrogen-bond acceptors (Lipinski definition) is 3. The van der Waals surface area contributed by atoms with E-state index in [1.54, 1.807) is 12.1 Å². The quantitative estimate of drug-likeness (QED) is 0.868. The van der Waals surface area contributed by atoms with Crippen LogP contribution in [-0.2, 0) is 0 Å². The van der Waals surface area contributed by atoms with Gasteiger partial charge in [-0.15, -0.1) is 0 Å². The number of rotatable bonds is 4. The molecule has 19 heavy (non-hydrogen) atoms. The molecule has 1 fully saturated rings. The highest BCUT2D eigenvalue weighted by Gasteiger charge is 2.23. The number of nitrogens with one attached hydrogen (secondary N) is 1. The number of nitrogens with zero attached hydrogens (tertiary/aromatic N) is 1. The summed E-state index contributed by atoms with van der Waals surface area (Å²) in [6.07, 6.45) is 4.87. The van der Waals surface area contributed by atoms with Gasteiger partial charge in [-0.05, 0) is 57.0 Å². The van der Waals surface area contributed by atoms with E-state index in [4.69, 9.17) is 5.73 Å². The Hall–Kier alpha value is -1.55. The molecule has 0 heterocycles. The molecule has 1 amide bonds. The van der Waals surface area contributed by atoms with Crippen molar-refractivity contribution in [3.63, 3.8) is 0 Å². The summed E-state index contributed by atoms with van der Waals surface area (Å²) in [6, 6.07) is 8.81. The minimum atomic E-state index is -0.372.